The van der Waals surface area contributed by atoms with Crippen LogP contribution in [0.25, 0.3) is 10.9 Å². The molecular formula is C19H24N2O2. The second-order valence-corrected chi connectivity index (χ2v) is 6.90. The molecular weight excluding hydrogens is 288 g/mol. The minimum atomic E-state index is -0.297. The van der Waals surface area contributed by atoms with Gasteiger partial charge in [-0.05, 0) is 49.4 Å². The maximum Gasteiger partial charge on any atom is 0.233 e. The lowest BCUT2D eigenvalue weighted by Crippen LogP contribution is -2.39. The quantitative estimate of drug-likeness (QED) is 0.941. The highest BCUT2D eigenvalue weighted by atomic mass is 16.5. The largest absolute Gasteiger partial charge is 0.497 e. The summed E-state index contributed by atoms with van der Waals surface area (Å²) in [6.07, 6.45) is 8.75. The molecule has 1 aliphatic carbocycles. The molecule has 0 atom stereocenters. The van der Waals surface area contributed by atoms with Gasteiger partial charge in [0, 0.05) is 30.2 Å². The number of H-pyrrole nitrogens is 1. The van der Waals surface area contributed by atoms with E-state index in [2.05, 4.69) is 16.0 Å². The van der Waals surface area contributed by atoms with Crippen molar-refractivity contribution in [2.75, 3.05) is 20.2 Å². The van der Waals surface area contributed by atoms with Gasteiger partial charge in [0.1, 0.15) is 5.75 Å². The van der Waals surface area contributed by atoms with Crippen molar-refractivity contribution in [3.05, 3.63) is 30.0 Å². The molecule has 0 spiro atoms. The first-order valence-electron chi connectivity index (χ1n) is 8.70. The van der Waals surface area contributed by atoms with Crippen LogP contribution in [0.1, 0.15) is 44.1 Å². The summed E-state index contributed by atoms with van der Waals surface area (Å²) >= 11 is 0. The summed E-state index contributed by atoms with van der Waals surface area (Å²) in [6, 6.07) is 6.04. The second-order valence-electron chi connectivity index (χ2n) is 6.90. The maximum atomic E-state index is 13.2. The van der Waals surface area contributed by atoms with Crippen molar-refractivity contribution >= 4 is 16.8 Å². The molecule has 1 aromatic carbocycles. The zero-order valence-electron chi connectivity index (χ0n) is 13.7. The highest BCUT2D eigenvalue weighted by Gasteiger charge is 2.54. The Morgan fingerprint density at radius 1 is 1.17 bits per heavy atom. The van der Waals surface area contributed by atoms with E-state index in [4.69, 9.17) is 4.74 Å². The minimum absolute atomic E-state index is 0.297. The van der Waals surface area contributed by atoms with Crippen molar-refractivity contribution in [1.82, 2.24) is 9.88 Å². The molecule has 2 aliphatic rings. The number of nitrogens with zero attached hydrogens (tertiary/aromatic N) is 1. The lowest BCUT2D eigenvalue weighted by atomic mass is 9.93. The average Bonchev–Trinajstić information content (AvgIpc) is 3.34. The number of methoxy groups -OCH3 is 1. The predicted molar refractivity (Wildman–Crippen MR) is 90.8 cm³/mol. The summed E-state index contributed by atoms with van der Waals surface area (Å²) in [5, 5.41) is 1.13. The third-order valence-corrected chi connectivity index (χ3v) is 5.46. The maximum absolute atomic E-state index is 13.2. The summed E-state index contributed by atoms with van der Waals surface area (Å²) in [7, 11) is 1.68. The van der Waals surface area contributed by atoms with Gasteiger partial charge >= 0.3 is 0 Å². The number of fused-ring (bicyclic) bond motifs is 1. The topological polar surface area (TPSA) is 45.3 Å². The van der Waals surface area contributed by atoms with Crippen LogP contribution in [-0.2, 0) is 10.2 Å². The van der Waals surface area contributed by atoms with E-state index in [9.17, 15) is 4.79 Å². The molecule has 1 amide bonds. The highest BCUT2D eigenvalue weighted by Crippen LogP contribution is 2.52. The number of ether oxygens (including phenoxy) is 1. The van der Waals surface area contributed by atoms with E-state index in [1.54, 1.807) is 7.11 Å². The fraction of sp³-hybridized carbons (Fsp3) is 0.526. The van der Waals surface area contributed by atoms with Crippen LogP contribution in [0.3, 0.4) is 0 Å². The molecule has 2 fully saturated rings. The molecule has 1 saturated carbocycles. The van der Waals surface area contributed by atoms with Gasteiger partial charge in [-0.25, -0.2) is 0 Å². The normalized spacial score (nSPS) is 20.3. The number of benzene rings is 1. The summed E-state index contributed by atoms with van der Waals surface area (Å²) in [5.41, 5.74) is 1.94. The molecule has 0 radical (unpaired) electrons. The van der Waals surface area contributed by atoms with Gasteiger partial charge in [-0.15, -0.1) is 0 Å². The molecule has 1 aromatic heterocycles. The Morgan fingerprint density at radius 2 is 1.91 bits per heavy atom. The zero-order valence-corrected chi connectivity index (χ0v) is 13.7. The van der Waals surface area contributed by atoms with E-state index in [0.29, 0.717) is 5.91 Å². The number of rotatable bonds is 3. The SMILES string of the molecule is COc1ccc2[nH]cc(C3(C(=O)N4CCCCCC4)CC3)c2c1. The molecule has 2 heterocycles. The molecule has 1 saturated heterocycles. The smallest absolute Gasteiger partial charge is 0.233 e. The second kappa shape index (κ2) is 5.59. The molecule has 2 aromatic rings. The molecule has 1 N–H and O–H groups in total. The van der Waals surface area contributed by atoms with E-state index >= 15 is 0 Å². The van der Waals surface area contributed by atoms with Crippen LogP contribution in [0.5, 0.6) is 5.75 Å². The number of carbonyl (C=O) groups excluding carboxylic acids is 1. The number of nitrogens with one attached hydrogen (secondary N) is 1. The summed E-state index contributed by atoms with van der Waals surface area (Å²) in [4.78, 5) is 18.7. The first kappa shape index (κ1) is 14.6. The number of carbonyl (C=O) groups is 1. The summed E-state index contributed by atoms with van der Waals surface area (Å²) < 4.78 is 5.36. The molecule has 122 valence electrons. The Kier molecular flexibility index (Phi) is 3.55. The fourth-order valence-electron chi connectivity index (χ4n) is 3.92. The Labute approximate surface area is 136 Å². The van der Waals surface area contributed by atoms with Crippen LogP contribution in [0, 0.1) is 0 Å². The fourth-order valence-corrected chi connectivity index (χ4v) is 3.92. The number of hydrogen-bond acceptors (Lipinski definition) is 2. The Morgan fingerprint density at radius 3 is 2.57 bits per heavy atom. The molecule has 4 rings (SSSR count). The molecule has 1 aliphatic heterocycles. The number of aromatic nitrogens is 1. The predicted octanol–water partition coefficient (Wildman–Crippen LogP) is 3.61. The van der Waals surface area contributed by atoms with Crippen LogP contribution < -0.4 is 4.74 Å². The molecule has 4 heteroatoms. The van der Waals surface area contributed by atoms with Gasteiger partial charge < -0.3 is 14.6 Å². The van der Waals surface area contributed by atoms with Crippen molar-refractivity contribution in [2.24, 2.45) is 0 Å². The van der Waals surface area contributed by atoms with Gasteiger partial charge in [-0.3, -0.25) is 4.79 Å². The molecule has 0 bridgehead atoms. The zero-order chi connectivity index (χ0) is 15.9. The van der Waals surface area contributed by atoms with Crippen LogP contribution in [-0.4, -0.2) is 36.0 Å². The third kappa shape index (κ3) is 2.41. The van der Waals surface area contributed by atoms with Crippen molar-refractivity contribution in [1.29, 1.82) is 0 Å². The Hall–Kier alpha value is -1.97. The average molecular weight is 312 g/mol. The molecule has 4 nitrogen and oxygen atoms in total. The Balaban J connectivity index is 1.70. The number of hydrogen-bond donors (Lipinski definition) is 1. The Bertz CT molecular complexity index is 722. The standard InChI is InChI=1S/C19H24N2O2/c1-23-14-6-7-17-15(12-14)16(13-20-17)19(8-9-19)18(22)21-10-4-2-3-5-11-21/h6-7,12-13,20H,2-5,8-11H2,1H3. The van der Waals surface area contributed by atoms with E-state index in [1.807, 2.05) is 18.3 Å². The molecule has 0 unspecified atom stereocenters. The van der Waals surface area contributed by atoms with Crippen molar-refractivity contribution in [2.45, 2.75) is 43.9 Å². The first-order valence-corrected chi connectivity index (χ1v) is 8.70. The van der Waals surface area contributed by atoms with E-state index in [0.717, 1.165) is 61.0 Å². The first-order chi connectivity index (χ1) is 11.2. The van der Waals surface area contributed by atoms with E-state index < -0.39 is 0 Å². The number of aromatic amines is 1. The minimum Gasteiger partial charge on any atom is -0.497 e. The van der Waals surface area contributed by atoms with Gasteiger partial charge in [-0.1, -0.05) is 12.8 Å². The summed E-state index contributed by atoms with van der Waals surface area (Å²) in [5.74, 6) is 1.18. The van der Waals surface area contributed by atoms with Crippen LogP contribution >= 0.6 is 0 Å². The van der Waals surface area contributed by atoms with Gasteiger partial charge in [-0.2, -0.15) is 0 Å². The van der Waals surface area contributed by atoms with Crippen LogP contribution in [0.15, 0.2) is 24.4 Å². The number of amides is 1. The lowest BCUT2D eigenvalue weighted by molar-refractivity contribution is -0.133. The van der Waals surface area contributed by atoms with Crippen LogP contribution in [0.2, 0.25) is 0 Å². The van der Waals surface area contributed by atoms with Crippen LogP contribution in [0.4, 0.5) is 0 Å². The van der Waals surface area contributed by atoms with Gasteiger partial charge in [0.15, 0.2) is 0 Å². The van der Waals surface area contributed by atoms with Gasteiger partial charge in [0.25, 0.3) is 0 Å². The third-order valence-electron chi connectivity index (χ3n) is 5.46. The van der Waals surface area contributed by atoms with Gasteiger partial charge in [0.2, 0.25) is 5.91 Å². The summed E-state index contributed by atoms with van der Waals surface area (Å²) in [6.45, 7) is 1.85. The monoisotopic (exact) mass is 312 g/mol. The lowest BCUT2D eigenvalue weighted by Gasteiger charge is -2.26. The molecule has 23 heavy (non-hydrogen) atoms. The van der Waals surface area contributed by atoms with E-state index in [-0.39, 0.29) is 5.41 Å². The van der Waals surface area contributed by atoms with Gasteiger partial charge in [0.05, 0.1) is 12.5 Å². The van der Waals surface area contributed by atoms with Crippen molar-refractivity contribution in [3.8, 4) is 5.75 Å². The van der Waals surface area contributed by atoms with E-state index in [1.165, 1.54) is 12.8 Å². The highest BCUT2D eigenvalue weighted by molar-refractivity contribution is 5.98. The number of likely N-dealkylation sites (tertiary alicyclic amines) is 1. The van der Waals surface area contributed by atoms with Crippen molar-refractivity contribution < 1.29 is 9.53 Å². The van der Waals surface area contributed by atoms with Crippen molar-refractivity contribution in [3.63, 3.8) is 0 Å².